The van der Waals surface area contributed by atoms with Crippen molar-refractivity contribution in [3.05, 3.63) is 21.9 Å². The van der Waals surface area contributed by atoms with Crippen molar-refractivity contribution in [2.75, 3.05) is 19.6 Å². The number of thiophene rings is 1. The van der Waals surface area contributed by atoms with Gasteiger partial charge in [0.1, 0.15) is 0 Å². The minimum atomic E-state index is -0.0704. The molecule has 1 N–H and O–H groups in total. The first-order valence-corrected chi connectivity index (χ1v) is 7.67. The molecule has 0 aromatic carbocycles. The first-order chi connectivity index (χ1) is 9.20. The fraction of sp³-hybridized carbons (Fsp3) is 0.571. The van der Waals surface area contributed by atoms with Crippen molar-refractivity contribution in [1.82, 2.24) is 10.2 Å². The Balaban J connectivity index is 1.72. The SMILES string of the molecule is CCc1ccc(C(=O)NCCC(=O)N2CCCC2)s1. The van der Waals surface area contributed by atoms with Gasteiger partial charge < -0.3 is 10.2 Å². The fourth-order valence-corrected chi connectivity index (χ4v) is 3.05. The van der Waals surface area contributed by atoms with Crippen molar-refractivity contribution in [2.24, 2.45) is 0 Å². The van der Waals surface area contributed by atoms with Crippen LogP contribution in [0, 0.1) is 0 Å². The molecule has 0 atom stereocenters. The van der Waals surface area contributed by atoms with Crippen molar-refractivity contribution >= 4 is 23.2 Å². The topological polar surface area (TPSA) is 49.4 Å². The molecular weight excluding hydrogens is 260 g/mol. The average Bonchev–Trinajstić information content (AvgIpc) is 3.09. The van der Waals surface area contributed by atoms with Gasteiger partial charge in [0.2, 0.25) is 5.91 Å². The summed E-state index contributed by atoms with van der Waals surface area (Å²) in [6.07, 6.45) is 3.56. The van der Waals surface area contributed by atoms with E-state index in [0.717, 1.165) is 37.2 Å². The highest BCUT2D eigenvalue weighted by atomic mass is 32.1. The van der Waals surface area contributed by atoms with E-state index >= 15 is 0 Å². The van der Waals surface area contributed by atoms with Crippen molar-refractivity contribution in [1.29, 1.82) is 0 Å². The predicted molar refractivity (Wildman–Crippen MR) is 76.5 cm³/mol. The van der Waals surface area contributed by atoms with Gasteiger partial charge in [0.25, 0.3) is 5.91 Å². The molecular formula is C14H20N2O2S. The molecule has 1 aromatic heterocycles. The molecule has 2 amide bonds. The van der Waals surface area contributed by atoms with Crippen LogP contribution in [-0.2, 0) is 11.2 Å². The standard InChI is InChI=1S/C14H20N2O2S/c1-2-11-5-6-12(19-11)14(18)15-8-7-13(17)16-9-3-4-10-16/h5-6H,2-4,7-10H2,1H3,(H,15,18). The summed E-state index contributed by atoms with van der Waals surface area (Å²) >= 11 is 1.52. The number of rotatable bonds is 5. The van der Waals surface area contributed by atoms with Gasteiger partial charge in [0, 0.05) is 30.9 Å². The molecule has 0 radical (unpaired) electrons. The van der Waals surface area contributed by atoms with Crippen LogP contribution in [0.1, 0.15) is 40.7 Å². The molecule has 0 unspecified atom stereocenters. The van der Waals surface area contributed by atoms with Gasteiger partial charge in [-0.3, -0.25) is 9.59 Å². The maximum atomic E-state index is 11.9. The molecule has 0 saturated carbocycles. The molecule has 2 heterocycles. The molecule has 1 aliphatic heterocycles. The van der Waals surface area contributed by atoms with Crippen LogP contribution in [0.25, 0.3) is 0 Å². The highest BCUT2D eigenvalue weighted by molar-refractivity contribution is 7.14. The smallest absolute Gasteiger partial charge is 0.261 e. The first kappa shape index (κ1) is 14.1. The zero-order valence-corrected chi connectivity index (χ0v) is 12.1. The number of amides is 2. The van der Waals surface area contributed by atoms with Crippen LogP contribution >= 0.6 is 11.3 Å². The van der Waals surface area contributed by atoms with Crippen molar-refractivity contribution in [3.8, 4) is 0 Å². The second-order valence-corrected chi connectivity index (χ2v) is 5.88. The van der Waals surface area contributed by atoms with E-state index in [4.69, 9.17) is 0 Å². The largest absolute Gasteiger partial charge is 0.351 e. The number of aryl methyl sites for hydroxylation is 1. The van der Waals surface area contributed by atoms with Gasteiger partial charge in [0.05, 0.1) is 4.88 Å². The molecule has 1 aromatic rings. The molecule has 1 fully saturated rings. The number of likely N-dealkylation sites (tertiary alicyclic amines) is 1. The van der Waals surface area contributed by atoms with E-state index in [-0.39, 0.29) is 11.8 Å². The number of hydrogen-bond acceptors (Lipinski definition) is 3. The van der Waals surface area contributed by atoms with Crippen LogP contribution < -0.4 is 5.32 Å². The highest BCUT2D eigenvalue weighted by Crippen LogP contribution is 2.16. The summed E-state index contributed by atoms with van der Waals surface area (Å²) < 4.78 is 0. The summed E-state index contributed by atoms with van der Waals surface area (Å²) in [6, 6.07) is 3.83. The molecule has 1 saturated heterocycles. The van der Waals surface area contributed by atoms with Crippen LogP contribution in [0.3, 0.4) is 0 Å². The van der Waals surface area contributed by atoms with Crippen LogP contribution in [-0.4, -0.2) is 36.3 Å². The summed E-state index contributed by atoms with van der Waals surface area (Å²) in [6.45, 7) is 4.24. The summed E-state index contributed by atoms with van der Waals surface area (Å²) in [5.41, 5.74) is 0. The molecule has 0 spiro atoms. The van der Waals surface area contributed by atoms with Gasteiger partial charge in [-0.15, -0.1) is 11.3 Å². The van der Waals surface area contributed by atoms with E-state index < -0.39 is 0 Å². The molecule has 5 heteroatoms. The molecule has 4 nitrogen and oxygen atoms in total. The van der Waals surface area contributed by atoms with Crippen LogP contribution in [0.2, 0.25) is 0 Å². The lowest BCUT2D eigenvalue weighted by Gasteiger charge is -2.14. The Labute approximate surface area is 117 Å². The summed E-state index contributed by atoms with van der Waals surface area (Å²) in [4.78, 5) is 27.5. The monoisotopic (exact) mass is 280 g/mol. The molecule has 2 rings (SSSR count). The quantitative estimate of drug-likeness (QED) is 0.897. The minimum Gasteiger partial charge on any atom is -0.351 e. The third-order valence-electron chi connectivity index (χ3n) is 3.32. The molecule has 0 bridgehead atoms. The lowest BCUT2D eigenvalue weighted by Crippen LogP contribution is -2.32. The zero-order chi connectivity index (χ0) is 13.7. The second-order valence-electron chi connectivity index (χ2n) is 4.71. The number of carbonyl (C=O) groups excluding carboxylic acids is 2. The van der Waals surface area contributed by atoms with Gasteiger partial charge in [-0.1, -0.05) is 6.92 Å². The van der Waals surface area contributed by atoms with Crippen LogP contribution in [0.15, 0.2) is 12.1 Å². The lowest BCUT2D eigenvalue weighted by atomic mass is 10.3. The van der Waals surface area contributed by atoms with Gasteiger partial charge >= 0.3 is 0 Å². The maximum Gasteiger partial charge on any atom is 0.261 e. The van der Waals surface area contributed by atoms with Gasteiger partial charge in [-0.05, 0) is 31.4 Å². The van der Waals surface area contributed by atoms with Crippen LogP contribution in [0.5, 0.6) is 0 Å². The zero-order valence-electron chi connectivity index (χ0n) is 11.3. The predicted octanol–water partition coefficient (Wildman–Crippen LogP) is 2.05. The Morgan fingerprint density at radius 2 is 2.05 bits per heavy atom. The average molecular weight is 280 g/mol. The highest BCUT2D eigenvalue weighted by Gasteiger charge is 2.17. The first-order valence-electron chi connectivity index (χ1n) is 6.85. The van der Waals surface area contributed by atoms with Crippen molar-refractivity contribution in [3.63, 3.8) is 0 Å². The Hall–Kier alpha value is -1.36. The third-order valence-corrected chi connectivity index (χ3v) is 4.55. The van der Waals surface area contributed by atoms with E-state index in [2.05, 4.69) is 12.2 Å². The number of carbonyl (C=O) groups is 2. The number of hydrogen-bond donors (Lipinski definition) is 1. The maximum absolute atomic E-state index is 11.9. The van der Waals surface area contributed by atoms with Crippen molar-refractivity contribution < 1.29 is 9.59 Å². The van der Waals surface area contributed by atoms with Gasteiger partial charge in [0.15, 0.2) is 0 Å². The molecule has 104 valence electrons. The Kier molecular flexibility index (Phi) is 4.96. The Bertz CT molecular complexity index is 450. The normalized spacial score (nSPS) is 14.7. The van der Waals surface area contributed by atoms with Crippen molar-refractivity contribution in [2.45, 2.75) is 32.6 Å². The second kappa shape index (κ2) is 6.70. The number of nitrogens with zero attached hydrogens (tertiary/aromatic N) is 1. The molecule has 0 aliphatic carbocycles. The Morgan fingerprint density at radius 3 is 2.68 bits per heavy atom. The van der Waals surface area contributed by atoms with E-state index in [9.17, 15) is 9.59 Å². The molecule has 19 heavy (non-hydrogen) atoms. The van der Waals surface area contributed by atoms with E-state index in [1.807, 2.05) is 17.0 Å². The summed E-state index contributed by atoms with van der Waals surface area (Å²) in [7, 11) is 0. The number of nitrogens with one attached hydrogen (secondary N) is 1. The van der Waals surface area contributed by atoms with E-state index in [1.165, 1.54) is 16.2 Å². The van der Waals surface area contributed by atoms with E-state index in [1.54, 1.807) is 0 Å². The minimum absolute atomic E-state index is 0.0704. The van der Waals surface area contributed by atoms with Crippen LogP contribution in [0.4, 0.5) is 0 Å². The van der Waals surface area contributed by atoms with Gasteiger partial charge in [-0.25, -0.2) is 0 Å². The van der Waals surface area contributed by atoms with Gasteiger partial charge in [-0.2, -0.15) is 0 Å². The van der Waals surface area contributed by atoms with E-state index in [0.29, 0.717) is 13.0 Å². The third kappa shape index (κ3) is 3.80. The Morgan fingerprint density at radius 1 is 1.32 bits per heavy atom. The molecule has 1 aliphatic rings. The fourth-order valence-electron chi connectivity index (χ4n) is 2.18. The summed E-state index contributed by atoms with van der Waals surface area (Å²) in [5.74, 6) is 0.0807. The summed E-state index contributed by atoms with van der Waals surface area (Å²) in [5, 5.41) is 2.81. The lowest BCUT2D eigenvalue weighted by molar-refractivity contribution is -0.129.